The topological polar surface area (TPSA) is 111 Å². The van der Waals surface area contributed by atoms with E-state index in [9.17, 15) is 9.59 Å². The first kappa shape index (κ1) is 22.2. The van der Waals surface area contributed by atoms with Crippen LogP contribution in [-0.4, -0.2) is 50.3 Å². The molecule has 162 valence electrons. The molecule has 10 heteroatoms. The van der Waals surface area contributed by atoms with Crippen LogP contribution in [0.2, 0.25) is 5.02 Å². The van der Waals surface area contributed by atoms with E-state index >= 15 is 0 Å². The highest BCUT2D eigenvalue weighted by molar-refractivity contribution is 6.31. The lowest BCUT2D eigenvalue weighted by Crippen LogP contribution is -2.47. The van der Waals surface area contributed by atoms with Crippen molar-refractivity contribution in [3.05, 3.63) is 29.5 Å². The lowest BCUT2D eigenvalue weighted by atomic mass is 9.76. The quantitative estimate of drug-likeness (QED) is 0.614. The fourth-order valence-electron chi connectivity index (χ4n) is 3.38. The molecule has 0 spiro atoms. The van der Waals surface area contributed by atoms with Crippen LogP contribution in [0.4, 0.5) is 5.69 Å². The number of amides is 1. The predicted octanol–water partition coefficient (Wildman–Crippen LogP) is 2.74. The maximum atomic E-state index is 12.5. The number of benzene rings is 1. The summed E-state index contributed by atoms with van der Waals surface area (Å²) in [6.07, 6.45) is 4.62. The number of hydrogen-bond donors (Lipinski definition) is 2. The molecule has 1 aromatic carbocycles. The standard InChI is InChI=1S/C20H27ClN6O3/c1-20(2,3)30-19(29)9-5-13-4-7-15(13)22-11-18(28)24-16-10-14(21)6-8-17(16)27-12-23-25-26-27/h6,8,10,12-13,15,22H,4-5,7,9,11H2,1-3H3,(H,24,28). The molecule has 0 aliphatic heterocycles. The van der Waals surface area contributed by atoms with Crippen molar-refractivity contribution in [3.8, 4) is 5.69 Å². The van der Waals surface area contributed by atoms with Crippen LogP contribution in [0.15, 0.2) is 24.5 Å². The summed E-state index contributed by atoms with van der Waals surface area (Å²) in [5.41, 5.74) is 0.682. The van der Waals surface area contributed by atoms with Crippen molar-refractivity contribution in [1.82, 2.24) is 25.5 Å². The number of rotatable bonds is 8. The van der Waals surface area contributed by atoms with E-state index in [1.807, 2.05) is 20.8 Å². The Morgan fingerprint density at radius 1 is 1.30 bits per heavy atom. The number of carbonyl (C=O) groups excluding carboxylic acids is 2. The highest BCUT2D eigenvalue weighted by atomic mass is 35.5. The van der Waals surface area contributed by atoms with Gasteiger partial charge in [-0.05, 0) is 74.6 Å². The number of carbonyl (C=O) groups is 2. The van der Waals surface area contributed by atoms with Gasteiger partial charge in [0.15, 0.2) is 0 Å². The zero-order valence-electron chi connectivity index (χ0n) is 17.4. The number of halogens is 1. The molecule has 1 aliphatic carbocycles. The first-order valence-corrected chi connectivity index (χ1v) is 10.4. The Morgan fingerprint density at radius 3 is 2.73 bits per heavy atom. The van der Waals surface area contributed by atoms with Gasteiger partial charge < -0.3 is 15.4 Å². The van der Waals surface area contributed by atoms with Gasteiger partial charge in [-0.2, -0.15) is 4.68 Å². The predicted molar refractivity (Wildman–Crippen MR) is 112 cm³/mol. The summed E-state index contributed by atoms with van der Waals surface area (Å²) in [4.78, 5) is 24.4. The Morgan fingerprint density at radius 2 is 2.10 bits per heavy atom. The van der Waals surface area contributed by atoms with E-state index in [0.717, 1.165) is 19.3 Å². The van der Waals surface area contributed by atoms with Crippen LogP contribution in [0.1, 0.15) is 46.5 Å². The van der Waals surface area contributed by atoms with Gasteiger partial charge >= 0.3 is 5.97 Å². The molecule has 1 aliphatic rings. The van der Waals surface area contributed by atoms with E-state index in [2.05, 4.69) is 26.2 Å². The lowest BCUT2D eigenvalue weighted by molar-refractivity contribution is -0.155. The third-order valence-corrected chi connectivity index (χ3v) is 5.15. The van der Waals surface area contributed by atoms with Gasteiger partial charge in [-0.25, -0.2) is 0 Å². The lowest BCUT2D eigenvalue weighted by Gasteiger charge is -2.37. The molecule has 2 N–H and O–H groups in total. The van der Waals surface area contributed by atoms with Gasteiger partial charge in [-0.15, -0.1) is 5.10 Å². The molecule has 30 heavy (non-hydrogen) atoms. The Kier molecular flexibility index (Phi) is 7.04. The van der Waals surface area contributed by atoms with Crippen molar-refractivity contribution in [2.75, 3.05) is 11.9 Å². The number of aromatic nitrogens is 4. The van der Waals surface area contributed by atoms with E-state index in [0.29, 0.717) is 28.7 Å². The number of esters is 1. The maximum absolute atomic E-state index is 12.5. The number of anilines is 1. The molecule has 0 saturated heterocycles. The summed E-state index contributed by atoms with van der Waals surface area (Å²) in [5.74, 6) is -0.000338. The van der Waals surface area contributed by atoms with E-state index in [1.54, 1.807) is 18.2 Å². The van der Waals surface area contributed by atoms with Gasteiger partial charge in [-0.3, -0.25) is 9.59 Å². The highest BCUT2D eigenvalue weighted by Crippen LogP contribution is 2.32. The van der Waals surface area contributed by atoms with Gasteiger partial charge in [0.1, 0.15) is 11.9 Å². The molecule has 9 nitrogen and oxygen atoms in total. The Hall–Kier alpha value is -2.52. The average Bonchev–Trinajstić information content (AvgIpc) is 3.14. The fourth-order valence-corrected chi connectivity index (χ4v) is 3.55. The molecule has 3 rings (SSSR count). The zero-order chi connectivity index (χ0) is 21.7. The Balaban J connectivity index is 1.48. The normalized spacial score (nSPS) is 18.5. The third-order valence-electron chi connectivity index (χ3n) is 4.91. The minimum absolute atomic E-state index is 0.162. The molecule has 1 aromatic heterocycles. The SMILES string of the molecule is CC(C)(C)OC(=O)CCC1CCC1NCC(=O)Nc1cc(Cl)ccc1-n1cnnn1. The van der Waals surface area contributed by atoms with Crippen LogP contribution in [0, 0.1) is 5.92 Å². The molecule has 2 unspecified atom stereocenters. The van der Waals surface area contributed by atoms with E-state index in [-0.39, 0.29) is 24.5 Å². The van der Waals surface area contributed by atoms with Crippen LogP contribution in [-0.2, 0) is 14.3 Å². The van der Waals surface area contributed by atoms with Crippen LogP contribution in [0.3, 0.4) is 0 Å². The van der Waals surface area contributed by atoms with Crippen molar-refractivity contribution in [2.24, 2.45) is 5.92 Å². The van der Waals surface area contributed by atoms with Gasteiger partial charge in [0.2, 0.25) is 5.91 Å². The average molecular weight is 435 g/mol. The van der Waals surface area contributed by atoms with Crippen molar-refractivity contribution in [2.45, 2.75) is 58.1 Å². The largest absolute Gasteiger partial charge is 0.460 e. The molecule has 1 fully saturated rings. The third kappa shape index (κ3) is 6.24. The zero-order valence-corrected chi connectivity index (χ0v) is 18.1. The van der Waals surface area contributed by atoms with Crippen LogP contribution < -0.4 is 10.6 Å². The van der Waals surface area contributed by atoms with E-state index in [1.165, 1.54) is 11.0 Å². The van der Waals surface area contributed by atoms with Crippen LogP contribution in [0.25, 0.3) is 5.69 Å². The molecule has 1 heterocycles. The summed E-state index contributed by atoms with van der Waals surface area (Å²) in [5, 5.41) is 17.7. The van der Waals surface area contributed by atoms with Crippen LogP contribution >= 0.6 is 11.6 Å². The number of tetrazole rings is 1. The van der Waals surface area contributed by atoms with Gasteiger partial charge in [0.25, 0.3) is 0 Å². The molecule has 2 atom stereocenters. The Labute approximate surface area is 180 Å². The number of ether oxygens (including phenoxy) is 1. The number of nitrogens with zero attached hydrogens (tertiary/aromatic N) is 4. The molecule has 1 saturated carbocycles. The molecular weight excluding hydrogens is 408 g/mol. The van der Waals surface area contributed by atoms with Crippen LogP contribution in [0.5, 0.6) is 0 Å². The second kappa shape index (κ2) is 9.53. The summed E-state index contributed by atoms with van der Waals surface area (Å²) < 4.78 is 6.81. The van der Waals surface area contributed by atoms with Gasteiger partial charge in [-0.1, -0.05) is 11.6 Å². The van der Waals surface area contributed by atoms with Crippen molar-refractivity contribution in [1.29, 1.82) is 0 Å². The first-order chi connectivity index (χ1) is 14.2. The second-order valence-electron chi connectivity index (χ2n) is 8.41. The Bertz CT molecular complexity index is 881. The van der Waals surface area contributed by atoms with Gasteiger partial charge in [0.05, 0.1) is 17.9 Å². The highest BCUT2D eigenvalue weighted by Gasteiger charge is 2.31. The van der Waals surface area contributed by atoms with Crippen molar-refractivity contribution < 1.29 is 14.3 Å². The summed E-state index contributed by atoms with van der Waals surface area (Å²) in [6.45, 7) is 5.75. The summed E-state index contributed by atoms with van der Waals surface area (Å²) >= 11 is 6.07. The molecule has 0 bridgehead atoms. The maximum Gasteiger partial charge on any atom is 0.306 e. The van der Waals surface area contributed by atoms with E-state index in [4.69, 9.17) is 16.3 Å². The minimum Gasteiger partial charge on any atom is -0.460 e. The molecule has 1 amide bonds. The minimum atomic E-state index is -0.464. The van der Waals surface area contributed by atoms with E-state index < -0.39 is 5.60 Å². The fraction of sp³-hybridized carbons (Fsp3) is 0.550. The molecule has 2 aromatic rings. The summed E-state index contributed by atoms with van der Waals surface area (Å²) in [7, 11) is 0. The molecule has 0 radical (unpaired) electrons. The van der Waals surface area contributed by atoms with Gasteiger partial charge in [0, 0.05) is 17.5 Å². The number of hydrogen-bond acceptors (Lipinski definition) is 7. The smallest absolute Gasteiger partial charge is 0.306 e. The second-order valence-corrected chi connectivity index (χ2v) is 8.85. The van der Waals surface area contributed by atoms with Crippen molar-refractivity contribution >= 4 is 29.2 Å². The number of nitrogens with one attached hydrogen (secondary N) is 2. The summed E-state index contributed by atoms with van der Waals surface area (Å²) in [6, 6.07) is 5.32. The molecular formula is C20H27ClN6O3. The monoisotopic (exact) mass is 434 g/mol. The first-order valence-electron chi connectivity index (χ1n) is 9.99. The van der Waals surface area contributed by atoms with Crippen molar-refractivity contribution in [3.63, 3.8) is 0 Å².